The second kappa shape index (κ2) is 4.14. The quantitative estimate of drug-likeness (QED) is 0.686. The first-order valence-corrected chi connectivity index (χ1v) is 7.65. The molecule has 0 aromatic carbocycles. The van der Waals surface area contributed by atoms with Crippen LogP contribution in [0.3, 0.4) is 0 Å². The SMILES string of the molecule is C[Se]C(C)(C)C1CCCC(C)C1=O. The van der Waals surface area contributed by atoms with E-state index in [1.807, 2.05) is 0 Å². The van der Waals surface area contributed by atoms with Crippen LogP contribution in [0.15, 0.2) is 0 Å². The Balaban J connectivity index is 2.73. The molecule has 0 aliphatic heterocycles. The van der Waals surface area contributed by atoms with E-state index < -0.39 is 0 Å². The molecule has 0 aromatic heterocycles. The molecule has 0 radical (unpaired) electrons. The van der Waals surface area contributed by atoms with Crippen LogP contribution in [0.4, 0.5) is 0 Å². The van der Waals surface area contributed by atoms with E-state index in [1.54, 1.807) is 0 Å². The van der Waals surface area contributed by atoms with Gasteiger partial charge in [-0.3, -0.25) is 0 Å². The van der Waals surface area contributed by atoms with E-state index in [-0.39, 0.29) is 4.31 Å². The average molecular weight is 247 g/mol. The fraction of sp³-hybridized carbons (Fsp3) is 0.909. The van der Waals surface area contributed by atoms with Gasteiger partial charge in [-0.2, -0.15) is 0 Å². The minimum absolute atomic E-state index is 0.277. The third-order valence-electron chi connectivity index (χ3n) is 3.32. The van der Waals surface area contributed by atoms with Gasteiger partial charge in [-0.05, 0) is 0 Å². The number of Topliss-reactive ketones (excluding diaryl/α,β-unsaturated/α-hetero) is 1. The predicted octanol–water partition coefficient (Wildman–Crippen LogP) is 2.94. The summed E-state index contributed by atoms with van der Waals surface area (Å²) < 4.78 is 0.277. The molecule has 2 atom stereocenters. The standard InChI is InChI=1S/C11H20OSe/c1-8-6-5-7-9(10(8)12)11(2,3)13-4/h8-9H,5-7H2,1-4H3. The summed E-state index contributed by atoms with van der Waals surface area (Å²) in [5, 5.41) is 0. The molecular weight excluding hydrogens is 227 g/mol. The van der Waals surface area contributed by atoms with Crippen molar-refractivity contribution in [3.05, 3.63) is 0 Å². The van der Waals surface area contributed by atoms with Crippen LogP contribution >= 0.6 is 0 Å². The second-order valence-corrected chi connectivity index (χ2v) is 7.66. The van der Waals surface area contributed by atoms with Crippen LogP contribution in [-0.4, -0.2) is 20.7 Å². The van der Waals surface area contributed by atoms with E-state index in [0.717, 1.165) is 12.8 Å². The Labute approximate surface area is 87.8 Å². The van der Waals surface area contributed by atoms with Crippen LogP contribution in [0.1, 0.15) is 40.0 Å². The second-order valence-electron chi connectivity index (χ2n) is 4.59. The molecule has 2 heteroatoms. The van der Waals surface area contributed by atoms with Crippen molar-refractivity contribution in [3.63, 3.8) is 0 Å². The summed E-state index contributed by atoms with van der Waals surface area (Å²) in [5.74, 6) is 3.45. The summed E-state index contributed by atoms with van der Waals surface area (Å²) >= 11 is 0.574. The van der Waals surface area contributed by atoms with Gasteiger partial charge in [-0.25, -0.2) is 0 Å². The molecule has 1 aliphatic rings. The van der Waals surface area contributed by atoms with Crippen molar-refractivity contribution < 1.29 is 4.79 Å². The minimum atomic E-state index is 0.277. The number of hydrogen-bond acceptors (Lipinski definition) is 1. The van der Waals surface area contributed by atoms with Crippen molar-refractivity contribution in [2.75, 3.05) is 0 Å². The molecule has 2 unspecified atom stereocenters. The Morgan fingerprint density at radius 1 is 1.38 bits per heavy atom. The molecule has 1 rings (SSSR count). The van der Waals surface area contributed by atoms with Gasteiger partial charge in [-0.1, -0.05) is 0 Å². The van der Waals surface area contributed by atoms with Crippen LogP contribution in [0, 0.1) is 11.8 Å². The molecule has 0 spiro atoms. The van der Waals surface area contributed by atoms with E-state index in [9.17, 15) is 4.79 Å². The van der Waals surface area contributed by atoms with Crippen LogP contribution in [0.5, 0.6) is 0 Å². The molecule has 0 aromatic rings. The Kier molecular flexibility index (Phi) is 3.59. The van der Waals surface area contributed by atoms with Crippen LogP contribution < -0.4 is 0 Å². The number of carbonyl (C=O) groups is 1. The number of carbonyl (C=O) groups excluding carboxylic acids is 1. The van der Waals surface area contributed by atoms with Gasteiger partial charge in [0, 0.05) is 0 Å². The van der Waals surface area contributed by atoms with Crippen molar-refractivity contribution in [2.45, 2.75) is 50.2 Å². The molecule has 0 amide bonds. The number of rotatable bonds is 2. The number of ketones is 1. The third-order valence-corrected chi connectivity index (χ3v) is 6.13. The van der Waals surface area contributed by atoms with Crippen molar-refractivity contribution in [1.29, 1.82) is 0 Å². The van der Waals surface area contributed by atoms with Crippen molar-refractivity contribution in [3.8, 4) is 0 Å². The average Bonchev–Trinajstić information content (AvgIpc) is 2.09. The first-order valence-electron chi connectivity index (χ1n) is 5.08. The summed E-state index contributed by atoms with van der Waals surface area (Å²) in [6, 6.07) is 0. The molecule has 0 bridgehead atoms. The molecule has 76 valence electrons. The summed E-state index contributed by atoms with van der Waals surface area (Å²) in [7, 11) is 0. The van der Waals surface area contributed by atoms with Gasteiger partial charge in [0.1, 0.15) is 0 Å². The van der Waals surface area contributed by atoms with Crippen LogP contribution in [0.2, 0.25) is 10.1 Å². The topological polar surface area (TPSA) is 17.1 Å². The van der Waals surface area contributed by atoms with Gasteiger partial charge in [0.2, 0.25) is 0 Å². The summed E-state index contributed by atoms with van der Waals surface area (Å²) in [6.07, 6.45) is 3.49. The van der Waals surface area contributed by atoms with Gasteiger partial charge in [0.15, 0.2) is 0 Å². The summed E-state index contributed by atoms with van der Waals surface area (Å²) in [6.45, 7) is 6.61. The Hall–Kier alpha value is 0.189. The van der Waals surface area contributed by atoms with Gasteiger partial charge in [0.25, 0.3) is 0 Å². The molecule has 1 fully saturated rings. The van der Waals surface area contributed by atoms with Gasteiger partial charge >= 0.3 is 87.5 Å². The van der Waals surface area contributed by atoms with E-state index in [1.165, 1.54) is 6.42 Å². The Morgan fingerprint density at radius 3 is 2.54 bits per heavy atom. The van der Waals surface area contributed by atoms with Crippen molar-refractivity contribution >= 4 is 20.7 Å². The zero-order valence-corrected chi connectivity index (χ0v) is 10.8. The van der Waals surface area contributed by atoms with Gasteiger partial charge in [0.05, 0.1) is 0 Å². The molecule has 0 saturated heterocycles. The normalized spacial score (nSPS) is 30.6. The molecule has 0 heterocycles. The first kappa shape index (κ1) is 11.3. The maximum atomic E-state index is 11.9. The van der Waals surface area contributed by atoms with E-state index in [0.29, 0.717) is 32.6 Å². The Bertz CT molecular complexity index is 198. The first-order chi connectivity index (χ1) is 5.99. The zero-order chi connectivity index (χ0) is 10.1. The van der Waals surface area contributed by atoms with Crippen molar-refractivity contribution in [1.82, 2.24) is 0 Å². The molecule has 13 heavy (non-hydrogen) atoms. The number of hydrogen-bond donors (Lipinski definition) is 0. The third kappa shape index (κ3) is 2.35. The van der Waals surface area contributed by atoms with E-state index in [4.69, 9.17) is 0 Å². The fourth-order valence-corrected chi connectivity index (χ4v) is 3.18. The summed E-state index contributed by atoms with van der Waals surface area (Å²) in [4.78, 5) is 11.9. The monoisotopic (exact) mass is 248 g/mol. The Morgan fingerprint density at radius 2 is 2.00 bits per heavy atom. The molecule has 0 N–H and O–H groups in total. The van der Waals surface area contributed by atoms with Crippen LogP contribution in [0.25, 0.3) is 0 Å². The molecular formula is C11H20OSe. The molecule has 1 nitrogen and oxygen atoms in total. The van der Waals surface area contributed by atoms with Gasteiger partial charge in [-0.15, -0.1) is 0 Å². The zero-order valence-electron chi connectivity index (χ0n) is 9.09. The molecule has 1 saturated carbocycles. The van der Waals surface area contributed by atoms with E-state index >= 15 is 0 Å². The van der Waals surface area contributed by atoms with E-state index in [2.05, 4.69) is 26.6 Å². The maximum absolute atomic E-state index is 11.9. The fourth-order valence-electron chi connectivity index (χ4n) is 2.09. The van der Waals surface area contributed by atoms with Crippen molar-refractivity contribution in [2.24, 2.45) is 11.8 Å². The summed E-state index contributed by atoms with van der Waals surface area (Å²) in [5.41, 5.74) is 0. The predicted molar refractivity (Wildman–Crippen MR) is 57.2 cm³/mol. The van der Waals surface area contributed by atoms with Gasteiger partial charge < -0.3 is 0 Å². The van der Waals surface area contributed by atoms with Crippen LogP contribution in [-0.2, 0) is 4.79 Å². The molecule has 1 aliphatic carbocycles.